The van der Waals surface area contributed by atoms with E-state index in [1.54, 1.807) is 49.5 Å². The molecule has 0 spiro atoms. The van der Waals surface area contributed by atoms with Gasteiger partial charge in [-0.1, -0.05) is 12.1 Å². The van der Waals surface area contributed by atoms with E-state index in [2.05, 4.69) is 10.3 Å². The predicted molar refractivity (Wildman–Crippen MR) is 138 cm³/mol. The van der Waals surface area contributed by atoms with Crippen molar-refractivity contribution in [1.82, 2.24) is 9.55 Å². The first-order valence-corrected chi connectivity index (χ1v) is 11.1. The Bertz CT molecular complexity index is 1550. The number of nitrogens with one attached hydrogen (secondary N) is 2. The molecule has 4 rings (SSSR count). The van der Waals surface area contributed by atoms with E-state index in [0.29, 0.717) is 22.2 Å². The molecule has 0 aliphatic heterocycles. The molecule has 0 radical (unpaired) electrons. The van der Waals surface area contributed by atoms with Crippen molar-refractivity contribution in [3.63, 3.8) is 0 Å². The molecule has 0 aliphatic carbocycles. The number of carbonyl (C=O) groups is 2. The van der Waals surface area contributed by atoms with Gasteiger partial charge in [0, 0.05) is 30.9 Å². The molecule has 0 saturated heterocycles. The summed E-state index contributed by atoms with van der Waals surface area (Å²) in [4.78, 5) is 42.2. The number of rotatable bonds is 4. The summed E-state index contributed by atoms with van der Waals surface area (Å²) in [6.45, 7) is 5.42. The van der Waals surface area contributed by atoms with Gasteiger partial charge in [-0.2, -0.15) is 0 Å². The second-order valence-corrected chi connectivity index (χ2v) is 8.52. The van der Waals surface area contributed by atoms with E-state index in [1.807, 2.05) is 32.0 Å². The molecular formula is C26H24N4O3S. The Morgan fingerprint density at radius 1 is 1.03 bits per heavy atom. The van der Waals surface area contributed by atoms with Crippen LogP contribution in [0.4, 0.5) is 11.4 Å². The molecule has 7 nitrogen and oxygen atoms in total. The molecule has 3 aromatic carbocycles. The van der Waals surface area contributed by atoms with Crippen molar-refractivity contribution in [3.8, 4) is 5.69 Å². The number of aromatic amines is 1. The van der Waals surface area contributed by atoms with E-state index in [-0.39, 0.29) is 22.1 Å². The molecule has 1 aromatic heterocycles. The average molecular weight is 473 g/mol. The number of anilines is 2. The summed E-state index contributed by atoms with van der Waals surface area (Å²) < 4.78 is 1.74. The van der Waals surface area contributed by atoms with Crippen LogP contribution in [0.3, 0.4) is 0 Å². The van der Waals surface area contributed by atoms with E-state index in [1.165, 1.54) is 16.4 Å². The smallest absolute Gasteiger partial charge is 0.266 e. The van der Waals surface area contributed by atoms with Gasteiger partial charge >= 0.3 is 0 Å². The minimum Gasteiger partial charge on any atom is -0.331 e. The summed E-state index contributed by atoms with van der Waals surface area (Å²) in [5.41, 5.74) is 4.70. The molecule has 172 valence electrons. The number of aryl methyl sites for hydroxylation is 1. The maximum atomic E-state index is 13.3. The first-order valence-electron chi connectivity index (χ1n) is 10.7. The average Bonchev–Trinajstić information content (AvgIpc) is 2.81. The lowest BCUT2D eigenvalue weighted by Crippen LogP contribution is -2.22. The first kappa shape index (κ1) is 23.1. The molecule has 4 aromatic rings. The zero-order valence-electron chi connectivity index (χ0n) is 19.3. The van der Waals surface area contributed by atoms with Crippen LogP contribution >= 0.6 is 12.2 Å². The van der Waals surface area contributed by atoms with Crippen molar-refractivity contribution < 1.29 is 9.59 Å². The van der Waals surface area contributed by atoms with Crippen molar-refractivity contribution in [2.45, 2.75) is 20.8 Å². The van der Waals surface area contributed by atoms with Crippen LogP contribution < -0.4 is 15.8 Å². The van der Waals surface area contributed by atoms with E-state index in [0.717, 1.165) is 22.5 Å². The normalized spacial score (nSPS) is 10.8. The predicted octanol–water partition coefficient (Wildman–Crippen LogP) is 4.90. The van der Waals surface area contributed by atoms with Gasteiger partial charge in [-0.15, -0.1) is 0 Å². The second kappa shape index (κ2) is 9.07. The zero-order valence-corrected chi connectivity index (χ0v) is 20.1. The van der Waals surface area contributed by atoms with Crippen molar-refractivity contribution in [1.29, 1.82) is 0 Å². The molecule has 0 fully saturated rings. The lowest BCUT2D eigenvalue weighted by Gasteiger charge is -2.15. The van der Waals surface area contributed by atoms with Gasteiger partial charge in [-0.3, -0.25) is 19.0 Å². The molecule has 2 N–H and O–H groups in total. The van der Waals surface area contributed by atoms with E-state index < -0.39 is 0 Å². The molecule has 0 bridgehead atoms. The van der Waals surface area contributed by atoms with Crippen LogP contribution in [0.5, 0.6) is 0 Å². The summed E-state index contributed by atoms with van der Waals surface area (Å²) in [5, 5.41) is 3.27. The van der Waals surface area contributed by atoms with Gasteiger partial charge in [-0.25, -0.2) is 0 Å². The fourth-order valence-corrected chi connectivity index (χ4v) is 4.00. The molecule has 34 heavy (non-hydrogen) atoms. The van der Waals surface area contributed by atoms with Gasteiger partial charge in [0.15, 0.2) is 4.77 Å². The number of nitrogens with zero attached hydrogens (tertiary/aromatic N) is 2. The molecule has 0 unspecified atom stereocenters. The van der Waals surface area contributed by atoms with Crippen LogP contribution in [0.25, 0.3) is 16.6 Å². The first-order chi connectivity index (χ1) is 16.2. The number of fused-ring (bicyclic) bond motifs is 1. The van der Waals surface area contributed by atoms with Crippen molar-refractivity contribution in [3.05, 3.63) is 92.5 Å². The summed E-state index contributed by atoms with van der Waals surface area (Å²) in [7, 11) is 1.68. The van der Waals surface area contributed by atoms with Gasteiger partial charge in [0.05, 0.1) is 16.6 Å². The fraction of sp³-hybridized carbons (Fsp3) is 0.154. The van der Waals surface area contributed by atoms with Crippen LogP contribution in [-0.4, -0.2) is 28.4 Å². The molecule has 1 heterocycles. The minimum absolute atomic E-state index is 0.0815. The Labute approximate surface area is 201 Å². The van der Waals surface area contributed by atoms with Crippen LogP contribution in [0.1, 0.15) is 28.4 Å². The van der Waals surface area contributed by atoms with Crippen LogP contribution in [-0.2, 0) is 4.79 Å². The number of amides is 2. The van der Waals surface area contributed by atoms with Gasteiger partial charge in [0.25, 0.3) is 11.5 Å². The van der Waals surface area contributed by atoms with Gasteiger partial charge in [0.1, 0.15) is 0 Å². The fourth-order valence-electron chi connectivity index (χ4n) is 3.71. The lowest BCUT2D eigenvalue weighted by molar-refractivity contribution is -0.116. The third-order valence-corrected chi connectivity index (χ3v) is 6.25. The highest BCUT2D eigenvalue weighted by Gasteiger charge is 2.14. The summed E-state index contributed by atoms with van der Waals surface area (Å²) in [6, 6.07) is 17.6. The summed E-state index contributed by atoms with van der Waals surface area (Å²) in [5.74, 6) is -0.408. The molecule has 0 atom stereocenters. The number of H-pyrrole nitrogens is 1. The maximum absolute atomic E-state index is 13.3. The quantitative estimate of drug-likeness (QED) is 0.414. The van der Waals surface area contributed by atoms with Gasteiger partial charge in [0.2, 0.25) is 5.91 Å². The largest absolute Gasteiger partial charge is 0.331 e. The third-order valence-electron chi connectivity index (χ3n) is 5.96. The molecule has 2 amide bonds. The molecule has 8 heteroatoms. The highest BCUT2D eigenvalue weighted by Crippen LogP contribution is 2.20. The lowest BCUT2D eigenvalue weighted by atomic mass is 10.1. The van der Waals surface area contributed by atoms with E-state index in [9.17, 15) is 14.4 Å². The number of benzene rings is 3. The van der Waals surface area contributed by atoms with Crippen LogP contribution in [0, 0.1) is 18.6 Å². The number of aromatic nitrogens is 2. The number of carbonyl (C=O) groups excluding carboxylic acids is 2. The number of hydrogen-bond donors (Lipinski definition) is 2. The van der Waals surface area contributed by atoms with E-state index in [4.69, 9.17) is 12.2 Å². The second-order valence-electron chi connectivity index (χ2n) is 8.13. The van der Waals surface area contributed by atoms with E-state index >= 15 is 0 Å². The highest BCUT2D eigenvalue weighted by molar-refractivity contribution is 7.71. The summed E-state index contributed by atoms with van der Waals surface area (Å²) >= 11 is 5.50. The molecule has 0 aliphatic rings. The summed E-state index contributed by atoms with van der Waals surface area (Å²) in [6.07, 6.45) is 0. The monoisotopic (exact) mass is 472 g/mol. The van der Waals surface area contributed by atoms with Crippen molar-refractivity contribution >= 4 is 46.3 Å². The van der Waals surface area contributed by atoms with Crippen molar-refractivity contribution in [2.75, 3.05) is 17.3 Å². The Kier molecular flexibility index (Phi) is 6.17. The Balaban J connectivity index is 1.66. The minimum atomic E-state index is -0.326. The third kappa shape index (κ3) is 4.27. The Morgan fingerprint density at radius 2 is 1.74 bits per heavy atom. The molecule has 0 saturated carbocycles. The number of hydrogen-bond acceptors (Lipinski definition) is 4. The Morgan fingerprint density at radius 3 is 2.41 bits per heavy atom. The van der Waals surface area contributed by atoms with Crippen LogP contribution in [0.15, 0.2) is 65.5 Å². The van der Waals surface area contributed by atoms with Gasteiger partial charge < -0.3 is 15.2 Å². The molecular weight excluding hydrogens is 448 g/mol. The maximum Gasteiger partial charge on any atom is 0.266 e. The van der Waals surface area contributed by atoms with Crippen molar-refractivity contribution in [2.24, 2.45) is 0 Å². The topological polar surface area (TPSA) is 87.2 Å². The highest BCUT2D eigenvalue weighted by atomic mass is 32.1. The SMILES string of the molecule is CC(=O)N(C)c1ccc(NC(=O)c2ccc3c(=O)n(-c4cccc(C)c4C)c(=S)[nH]c3c2)cc1. The standard InChI is InChI=1S/C26H24N4O3S/c1-15-6-5-7-23(16(15)2)30-25(33)21-13-8-18(14-22(21)28-26(30)34)24(32)27-19-9-11-20(12-10-19)29(4)17(3)31/h5-14H,1-4H3,(H,27,32)(H,28,34). The Hall–Kier alpha value is -4.04. The van der Waals surface area contributed by atoms with Crippen LogP contribution in [0.2, 0.25) is 0 Å². The van der Waals surface area contributed by atoms with Gasteiger partial charge in [-0.05, 0) is 85.7 Å². The zero-order chi connectivity index (χ0) is 24.6.